The second-order valence-electron chi connectivity index (χ2n) is 10.9. The van der Waals surface area contributed by atoms with Crippen molar-refractivity contribution in [2.75, 3.05) is 12.4 Å². The van der Waals surface area contributed by atoms with Crippen LogP contribution < -0.4 is 5.32 Å². The Labute approximate surface area is 178 Å². The monoisotopic (exact) mass is 395 g/mol. The molecule has 2 aromatic carbocycles. The number of hydrogen-bond acceptors (Lipinski definition) is 2. The fraction of sp³-hybridized carbons (Fsp3) is 0.556. The molecule has 160 valence electrons. The predicted octanol–water partition coefficient (Wildman–Crippen LogP) is 7.94. The lowest BCUT2D eigenvalue weighted by atomic mass is 9.70. The predicted molar refractivity (Wildman–Crippen MR) is 129 cm³/mol. The molecule has 0 atom stereocenters. The van der Waals surface area contributed by atoms with E-state index in [4.69, 9.17) is 0 Å². The van der Waals surface area contributed by atoms with Crippen molar-refractivity contribution in [2.24, 2.45) is 0 Å². The Kier molecular flexibility index (Phi) is 6.47. The van der Waals surface area contributed by atoms with E-state index in [1.165, 1.54) is 27.8 Å². The number of rotatable bonds is 4. The topological polar surface area (TPSA) is 32.3 Å². The van der Waals surface area contributed by atoms with Gasteiger partial charge in [0.05, 0.1) is 5.69 Å². The third-order valence-electron chi connectivity index (χ3n) is 5.75. The number of aromatic hydroxyl groups is 1. The summed E-state index contributed by atoms with van der Waals surface area (Å²) in [5.41, 5.74) is 8.07. The van der Waals surface area contributed by atoms with Crippen molar-refractivity contribution in [3.63, 3.8) is 0 Å². The summed E-state index contributed by atoms with van der Waals surface area (Å²) in [6.07, 6.45) is 0. The van der Waals surface area contributed by atoms with E-state index in [1.807, 2.05) is 7.05 Å². The van der Waals surface area contributed by atoms with Crippen LogP contribution in [0.4, 0.5) is 5.69 Å². The molecule has 0 heterocycles. The minimum Gasteiger partial charge on any atom is -0.505 e. The van der Waals surface area contributed by atoms with Crippen molar-refractivity contribution < 1.29 is 5.11 Å². The molecule has 29 heavy (non-hydrogen) atoms. The highest BCUT2D eigenvalue weighted by Crippen LogP contribution is 2.51. The Morgan fingerprint density at radius 2 is 1.28 bits per heavy atom. The summed E-state index contributed by atoms with van der Waals surface area (Å²) in [6.45, 7) is 22.4. The first kappa shape index (κ1) is 23.3. The zero-order chi connectivity index (χ0) is 22.3. The summed E-state index contributed by atoms with van der Waals surface area (Å²) in [5.74, 6) is 1.17. The summed E-state index contributed by atoms with van der Waals surface area (Å²) in [7, 11) is 1.88. The highest BCUT2D eigenvalue weighted by atomic mass is 16.3. The normalized spacial score (nSPS) is 12.7. The smallest absolute Gasteiger partial charge is 0.143 e. The van der Waals surface area contributed by atoms with E-state index < -0.39 is 0 Å². The van der Waals surface area contributed by atoms with Crippen LogP contribution in [0, 0.1) is 0 Å². The van der Waals surface area contributed by atoms with Crippen molar-refractivity contribution in [1.82, 2.24) is 0 Å². The second kappa shape index (κ2) is 8.05. The molecule has 2 rings (SSSR count). The lowest BCUT2D eigenvalue weighted by molar-refractivity contribution is 0.448. The summed E-state index contributed by atoms with van der Waals surface area (Å²) < 4.78 is 0. The summed E-state index contributed by atoms with van der Waals surface area (Å²) in [5, 5.41) is 14.6. The molecule has 0 aliphatic heterocycles. The van der Waals surface area contributed by atoms with Gasteiger partial charge in [-0.05, 0) is 56.5 Å². The molecular weight excluding hydrogens is 354 g/mol. The van der Waals surface area contributed by atoms with E-state index >= 15 is 0 Å². The van der Waals surface area contributed by atoms with Gasteiger partial charge in [0.25, 0.3) is 0 Å². The standard InChI is InChI=1S/C27H41NO/c1-16(2)18-13-12-14-19(17(3)4)22(18)23-20(26(5,6)7)15-21(28-11)25(29)24(23)27(8,9)10/h12-17,28-29H,1-11H3. The van der Waals surface area contributed by atoms with Crippen LogP contribution >= 0.6 is 0 Å². The lowest BCUT2D eigenvalue weighted by Crippen LogP contribution is -2.21. The van der Waals surface area contributed by atoms with Crippen molar-refractivity contribution in [3.05, 3.63) is 46.5 Å². The van der Waals surface area contributed by atoms with Crippen molar-refractivity contribution in [1.29, 1.82) is 0 Å². The van der Waals surface area contributed by atoms with Crippen LogP contribution in [0.2, 0.25) is 0 Å². The fourth-order valence-corrected chi connectivity index (χ4v) is 4.28. The van der Waals surface area contributed by atoms with Gasteiger partial charge in [-0.25, -0.2) is 0 Å². The molecule has 0 bridgehead atoms. The molecule has 0 radical (unpaired) electrons. The second-order valence-corrected chi connectivity index (χ2v) is 10.9. The molecule has 2 N–H and O–H groups in total. The maximum atomic E-state index is 11.4. The van der Waals surface area contributed by atoms with E-state index in [0.29, 0.717) is 17.6 Å². The van der Waals surface area contributed by atoms with Gasteiger partial charge in [-0.1, -0.05) is 87.4 Å². The minimum atomic E-state index is -0.204. The zero-order valence-corrected chi connectivity index (χ0v) is 20.4. The zero-order valence-electron chi connectivity index (χ0n) is 20.4. The molecule has 0 saturated heterocycles. The number of phenolic OH excluding ortho intramolecular Hbond substituents is 1. The Balaban J connectivity index is 3.21. The molecule has 0 spiro atoms. The van der Waals surface area contributed by atoms with Gasteiger partial charge in [-0.15, -0.1) is 0 Å². The van der Waals surface area contributed by atoms with Crippen LogP contribution in [0.15, 0.2) is 24.3 Å². The Bertz CT molecular complexity index is 851. The number of phenols is 1. The Morgan fingerprint density at radius 1 is 0.793 bits per heavy atom. The molecule has 0 saturated carbocycles. The highest BCUT2D eigenvalue weighted by Gasteiger charge is 2.33. The van der Waals surface area contributed by atoms with Crippen LogP contribution in [0.3, 0.4) is 0 Å². The van der Waals surface area contributed by atoms with Gasteiger partial charge in [0.15, 0.2) is 0 Å². The molecule has 0 aromatic heterocycles. The molecule has 2 nitrogen and oxygen atoms in total. The van der Waals surface area contributed by atoms with Crippen LogP contribution in [-0.2, 0) is 10.8 Å². The summed E-state index contributed by atoms with van der Waals surface area (Å²) >= 11 is 0. The minimum absolute atomic E-state index is 0.0625. The molecule has 2 heteroatoms. The van der Waals surface area contributed by atoms with Gasteiger partial charge in [0.1, 0.15) is 5.75 Å². The van der Waals surface area contributed by atoms with E-state index in [0.717, 1.165) is 11.3 Å². The first-order valence-corrected chi connectivity index (χ1v) is 10.9. The largest absolute Gasteiger partial charge is 0.505 e. The van der Waals surface area contributed by atoms with E-state index in [-0.39, 0.29) is 10.8 Å². The van der Waals surface area contributed by atoms with Gasteiger partial charge in [-0.2, -0.15) is 0 Å². The fourth-order valence-electron chi connectivity index (χ4n) is 4.28. The molecule has 2 aromatic rings. The molecular formula is C27H41NO. The van der Waals surface area contributed by atoms with Gasteiger partial charge < -0.3 is 10.4 Å². The van der Waals surface area contributed by atoms with Crippen molar-refractivity contribution in [3.8, 4) is 16.9 Å². The van der Waals surface area contributed by atoms with Crippen molar-refractivity contribution >= 4 is 5.69 Å². The number of benzene rings is 2. The SMILES string of the molecule is CNc1cc(C(C)(C)C)c(-c2c(C(C)C)cccc2C(C)C)c(C(C)(C)C)c1O. The third kappa shape index (κ3) is 4.47. The van der Waals surface area contributed by atoms with Gasteiger partial charge >= 0.3 is 0 Å². The molecule has 0 unspecified atom stereocenters. The average molecular weight is 396 g/mol. The van der Waals surface area contributed by atoms with Gasteiger partial charge in [-0.3, -0.25) is 0 Å². The van der Waals surface area contributed by atoms with E-state index in [2.05, 4.69) is 98.8 Å². The van der Waals surface area contributed by atoms with Crippen LogP contribution in [0.25, 0.3) is 11.1 Å². The van der Waals surface area contributed by atoms with Gasteiger partial charge in [0.2, 0.25) is 0 Å². The Hall–Kier alpha value is -1.96. The molecule has 0 aliphatic rings. The first-order chi connectivity index (χ1) is 13.2. The van der Waals surface area contributed by atoms with E-state index in [1.54, 1.807) is 0 Å². The number of anilines is 1. The highest BCUT2D eigenvalue weighted by molar-refractivity contribution is 5.85. The third-order valence-corrected chi connectivity index (χ3v) is 5.75. The molecule has 0 aliphatic carbocycles. The maximum absolute atomic E-state index is 11.4. The van der Waals surface area contributed by atoms with E-state index in [9.17, 15) is 5.11 Å². The van der Waals surface area contributed by atoms with Gasteiger partial charge in [0, 0.05) is 12.6 Å². The number of hydrogen-bond donors (Lipinski definition) is 2. The summed E-state index contributed by atoms with van der Waals surface area (Å²) in [4.78, 5) is 0. The summed E-state index contributed by atoms with van der Waals surface area (Å²) in [6, 6.07) is 8.85. The maximum Gasteiger partial charge on any atom is 0.143 e. The average Bonchev–Trinajstić information content (AvgIpc) is 2.58. The molecule has 0 fully saturated rings. The van der Waals surface area contributed by atoms with Crippen LogP contribution in [-0.4, -0.2) is 12.2 Å². The van der Waals surface area contributed by atoms with Crippen LogP contribution in [0.5, 0.6) is 5.75 Å². The molecule has 0 amide bonds. The quantitative estimate of drug-likeness (QED) is 0.515. The van der Waals surface area contributed by atoms with Crippen molar-refractivity contribution in [2.45, 2.75) is 91.9 Å². The Morgan fingerprint density at radius 3 is 1.62 bits per heavy atom. The first-order valence-electron chi connectivity index (χ1n) is 10.9. The number of nitrogens with one attached hydrogen (secondary N) is 1. The van der Waals surface area contributed by atoms with Crippen LogP contribution in [0.1, 0.15) is 103 Å². The lowest BCUT2D eigenvalue weighted by Gasteiger charge is -2.34.